The zero-order valence-corrected chi connectivity index (χ0v) is 7.97. The molecule has 2 nitrogen and oxygen atoms in total. The van der Waals surface area contributed by atoms with E-state index in [-0.39, 0.29) is 0 Å². The molecule has 0 radical (unpaired) electrons. The first kappa shape index (κ1) is 11.4. The van der Waals surface area contributed by atoms with Crippen LogP contribution in [-0.2, 0) is 0 Å². The fourth-order valence-corrected chi connectivity index (χ4v) is 0.936. The Morgan fingerprint density at radius 2 is 1.50 bits per heavy atom. The molecule has 2 heteroatoms. The average molecular weight is 168 g/mol. The summed E-state index contributed by atoms with van der Waals surface area (Å²) < 4.78 is 0. The standard InChI is InChI=1S/C10H20N2/c1-4-6-11-8-10(3)9-12-7-5-2/h4-5,10-12H,1-2,6-9H2,3H3. The third-order valence-electron chi connectivity index (χ3n) is 1.56. The number of nitrogens with one attached hydrogen (secondary N) is 2. The van der Waals surface area contributed by atoms with E-state index in [0.29, 0.717) is 5.92 Å². The van der Waals surface area contributed by atoms with Crippen LogP contribution in [0.1, 0.15) is 6.92 Å². The van der Waals surface area contributed by atoms with Gasteiger partial charge in [0, 0.05) is 13.1 Å². The predicted octanol–water partition coefficient (Wildman–Crippen LogP) is 1.17. The lowest BCUT2D eigenvalue weighted by atomic mass is 10.2. The second-order valence-corrected chi connectivity index (χ2v) is 3.00. The fourth-order valence-electron chi connectivity index (χ4n) is 0.936. The van der Waals surface area contributed by atoms with Gasteiger partial charge in [-0.05, 0) is 19.0 Å². The third-order valence-corrected chi connectivity index (χ3v) is 1.56. The zero-order chi connectivity index (χ0) is 9.23. The molecule has 0 spiro atoms. The number of rotatable bonds is 8. The molecule has 0 aliphatic carbocycles. The largest absolute Gasteiger partial charge is 0.313 e. The van der Waals surface area contributed by atoms with Crippen LogP contribution in [0.3, 0.4) is 0 Å². The highest BCUT2D eigenvalue weighted by molar-refractivity contribution is 4.73. The second kappa shape index (κ2) is 8.50. The van der Waals surface area contributed by atoms with Gasteiger partial charge in [-0.1, -0.05) is 19.1 Å². The van der Waals surface area contributed by atoms with Crippen LogP contribution in [0.4, 0.5) is 0 Å². The van der Waals surface area contributed by atoms with E-state index in [4.69, 9.17) is 0 Å². The van der Waals surface area contributed by atoms with Crippen LogP contribution in [0.2, 0.25) is 0 Å². The van der Waals surface area contributed by atoms with E-state index in [1.165, 1.54) is 0 Å². The van der Waals surface area contributed by atoms with Gasteiger partial charge >= 0.3 is 0 Å². The Hall–Kier alpha value is -0.600. The molecule has 0 heterocycles. The summed E-state index contributed by atoms with van der Waals surface area (Å²) in [6.45, 7) is 13.4. The summed E-state index contributed by atoms with van der Waals surface area (Å²) in [4.78, 5) is 0. The minimum absolute atomic E-state index is 0.657. The smallest absolute Gasteiger partial charge is 0.0132 e. The van der Waals surface area contributed by atoms with Gasteiger partial charge in [-0.25, -0.2) is 0 Å². The Bertz CT molecular complexity index is 107. The Morgan fingerprint density at radius 1 is 1.08 bits per heavy atom. The SMILES string of the molecule is C=CCNCC(C)CNCC=C. The van der Waals surface area contributed by atoms with Crippen LogP contribution in [0.25, 0.3) is 0 Å². The van der Waals surface area contributed by atoms with E-state index >= 15 is 0 Å². The summed E-state index contributed by atoms with van der Waals surface area (Å²) in [5, 5.41) is 6.56. The molecule has 0 aliphatic heterocycles. The molecular weight excluding hydrogens is 148 g/mol. The van der Waals surface area contributed by atoms with Crippen LogP contribution >= 0.6 is 0 Å². The van der Waals surface area contributed by atoms with Gasteiger partial charge in [0.05, 0.1) is 0 Å². The molecule has 2 N–H and O–H groups in total. The van der Waals surface area contributed by atoms with Crippen LogP contribution in [-0.4, -0.2) is 26.2 Å². The molecule has 0 rings (SSSR count). The number of hydrogen-bond donors (Lipinski definition) is 2. The minimum Gasteiger partial charge on any atom is -0.313 e. The Morgan fingerprint density at radius 3 is 1.83 bits per heavy atom. The highest BCUT2D eigenvalue weighted by atomic mass is 14.9. The van der Waals surface area contributed by atoms with E-state index < -0.39 is 0 Å². The van der Waals surface area contributed by atoms with Gasteiger partial charge < -0.3 is 10.6 Å². The molecule has 0 unspecified atom stereocenters. The van der Waals surface area contributed by atoms with Crippen molar-refractivity contribution in [2.45, 2.75) is 6.92 Å². The van der Waals surface area contributed by atoms with Crippen LogP contribution in [0.15, 0.2) is 25.3 Å². The van der Waals surface area contributed by atoms with E-state index in [9.17, 15) is 0 Å². The average Bonchev–Trinajstić information content (AvgIpc) is 2.06. The molecule has 0 saturated carbocycles. The first-order valence-corrected chi connectivity index (χ1v) is 4.44. The Kier molecular flexibility index (Phi) is 8.07. The van der Waals surface area contributed by atoms with Crippen molar-refractivity contribution in [1.82, 2.24) is 10.6 Å². The van der Waals surface area contributed by atoms with Crippen molar-refractivity contribution in [2.75, 3.05) is 26.2 Å². The minimum atomic E-state index is 0.657. The second-order valence-electron chi connectivity index (χ2n) is 3.00. The molecule has 70 valence electrons. The van der Waals surface area contributed by atoms with Crippen molar-refractivity contribution in [3.8, 4) is 0 Å². The van der Waals surface area contributed by atoms with Gasteiger partial charge in [-0.2, -0.15) is 0 Å². The zero-order valence-electron chi connectivity index (χ0n) is 7.97. The fraction of sp³-hybridized carbons (Fsp3) is 0.600. The lowest BCUT2D eigenvalue weighted by Gasteiger charge is -2.11. The Labute approximate surface area is 75.7 Å². The maximum atomic E-state index is 3.64. The van der Waals surface area contributed by atoms with E-state index in [1.807, 2.05) is 12.2 Å². The maximum Gasteiger partial charge on any atom is 0.0132 e. The van der Waals surface area contributed by atoms with Crippen LogP contribution in [0.5, 0.6) is 0 Å². The van der Waals surface area contributed by atoms with E-state index in [1.54, 1.807) is 0 Å². The highest BCUT2D eigenvalue weighted by Gasteiger charge is 1.98. The van der Waals surface area contributed by atoms with Gasteiger partial charge in [0.1, 0.15) is 0 Å². The lowest BCUT2D eigenvalue weighted by molar-refractivity contribution is 0.497. The van der Waals surface area contributed by atoms with Crippen molar-refractivity contribution in [3.05, 3.63) is 25.3 Å². The van der Waals surface area contributed by atoms with Crippen molar-refractivity contribution in [2.24, 2.45) is 5.92 Å². The summed E-state index contributed by atoms with van der Waals surface area (Å²) in [5.41, 5.74) is 0. The summed E-state index contributed by atoms with van der Waals surface area (Å²) in [7, 11) is 0. The molecule has 0 aromatic carbocycles. The summed E-state index contributed by atoms with van der Waals surface area (Å²) in [6, 6.07) is 0. The third kappa shape index (κ3) is 7.51. The van der Waals surface area contributed by atoms with Crippen LogP contribution < -0.4 is 10.6 Å². The van der Waals surface area contributed by atoms with Gasteiger partial charge in [0.25, 0.3) is 0 Å². The van der Waals surface area contributed by atoms with Gasteiger partial charge in [-0.15, -0.1) is 13.2 Å². The van der Waals surface area contributed by atoms with Gasteiger partial charge in [0.2, 0.25) is 0 Å². The first-order chi connectivity index (χ1) is 5.81. The summed E-state index contributed by atoms with van der Waals surface area (Å²) in [5.74, 6) is 0.657. The molecule has 0 bridgehead atoms. The van der Waals surface area contributed by atoms with Crippen molar-refractivity contribution in [3.63, 3.8) is 0 Å². The summed E-state index contributed by atoms with van der Waals surface area (Å²) in [6.07, 6.45) is 3.76. The molecule has 12 heavy (non-hydrogen) atoms. The van der Waals surface area contributed by atoms with Crippen molar-refractivity contribution < 1.29 is 0 Å². The molecular formula is C10H20N2. The highest BCUT2D eigenvalue weighted by Crippen LogP contribution is 1.88. The van der Waals surface area contributed by atoms with E-state index in [0.717, 1.165) is 26.2 Å². The van der Waals surface area contributed by atoms with Crippen molar-refractivity contribution >= 4 is 0 Å². The molecule has 0 aromatic rings. The van der Waals surface area contributed by atoms with Gasteiger partial charge in [-0.3, -0.25) is 0 Å². The molecule has 0 atom stereocenters. The first-order valence-electron chi connectivity index (χ1n) is 4.44. The van der Waals surface area contributed by atoms with E-state index in [2.05, 4.69) is 30.7 Å². The number of hydrogen-bond acceptors (Lipinski definition) is 2. The normalized spacial score (nSPS) is 10.2. The molecule has 0 amide bonds. The van der Waals surface area contributed by atoms with Gasteiger partial charge in [0.15, 0.2) is 0 Å². The lowest BCUT2D eigenvalue weighted by Crippen LogP contribution is -2.29. The Balaban J connectivity index is 3.14. The topological polar surface area (TPSA) is 24.1 Å². The maximum absolute atomic E-state index is 3.64. The quantitative estimate of drug-likeness (QED) is 0.420. The molecule has 0 fully saturated rings. The molecule has 0 aromatic heterocycles. The summed E-state index contributed by atoms with van der Waals surface area (Å²) >= 11 is 0. The predicted molar refractivity (Wildman–Crippen MR) is 55.3 cm³/mol. The molecule has 0 aliphatic rings. The molecule has 0 saturated heterocycles. The van der Waals surface area contributed by atoms with Crippen molar-refractivity contribution in [1.29, 1.82) is 0 Å². The monoisotopic (exact) mass is 168 g/mol. The van der Waals surface area contributed by atoms with Crippen LogP contribution in [0, 0.1) is 5.92 Å².